The number of anilines is 1. The maximum Gasteiger partial charge on any atom is 0.418 e. The van der Waals surface area contributed by atoms with Gasteiger partial charge >= 0.3 is 6.18 Å². The molecular weight excluding hydrogens is 305 g/mol. The Hall–Kier alpha value is -2.76. The van der Waals surface area contributed by atoms with Crippen molar-refractivity contribution in [1.29, 1.82) is 0 Å². The van der Waals surface area contributed by atoms with Gasteiger partial charge in [-0.05, 0) is 24.3 Å². The van der Waals surface area contributed by atoms with Gasteiger partial charge in [0.1, 0.15) is 5.69 Å². The van der Waals surface area contributed by atoms with Crippen molar-refractivity contribution in [2.24, 2.45) is 7.05 Å². The fourth-order valence-electron chi connectivity index (χ4n) is 2.53. The summed E-state index contributed by atoms with van der Waals surface area (Å²) in [6.45, 7) is 0. The SMILES string of the molecule is Cn1c(C(=O)Nc2ccccc2C(F)(F)F)cc2ccccc21. The van der Waals surface area contributed by atoms with E-state index in [0.717, 1.165) is 17.0 Å². The molecule has 118 valence electrons. The molecule has 0 unspecified atom stereocenters. The minimum atomic E-state index is -4.53. The molecule has 23 heavy (non-hydrogen) atoms. The average molecular weight is 318 g/mol. The zero-order chi connectivity index (χ0) is 16.6. The normalized spacial score (nSPS) is 11.7. The number of para-hydroxylation sites is 2. The van der Waals surface area contributed by atoms with Crippen LogP contribution in [0.25, 0.3) is 10.9 Å². The number of aryl methyl sites for hydroxylation is 1. The monoisotopic (exact) mass is 318 g/mol. The molecule has 2 aromatic carbocycles. The zero-order valence-electron chi connectivity index (χ0n) is 12.2. The van der Waals surface area contributed by atoms with Crippen molar-refractivity contribution in [3.05, 3.63) is 65.9 Å². The Morgan fingerprint density at radius 3 is 2.39 bits per heavy atom. The van der Waals surface area contributed by atoms with Gasteiger partial charge in [-0.25, -0.2) is 0 Å². The van der Waals surface area contributed by atoms with Crippen molar-refractivity contribution in [3.63, 3.8) is 0 Å². The molecule has 3 rings (SSSR count). The molecule has 0 aliphatic carbocycles. The number of benzene rings is 2. The van der Waals surface area contributed by atoms with E-state index in [2.05, 4.69) is 5.32 Å². The first-order valence-electron chi connectivity index (χ1n) is 6.90. The molecule has 0 spiro atoms. The quantitative estimate of drug-likeness (QED) is 0.744. The van der Waals surface area contributed by atoms with Crippen LogP contribution in [0.4, 0.5) is 18.9 Å². The lowest BCUT2D eigenvalue weighted by atomic mass is 10.1. The van der Waals surface area contributed by atoms with E-state index < -0.39 is 17.6 Å². The molecule has 3 aromatic rings. The summed E-state index contributed by atoms with van der Waals surface area (Å²) in [5, 5.41) is 3.21. The van der Waals surface area contributed by atoms with Gasteiger partial charge in [-0.1, -0.05) is 30.3 Å². The predicted octanol–water partition coefficient (Wildman–Crippen LogP) is 4.45. The van der Waals surface area contributed by atoms with Gasteiger partial charge in [0.05, 0.1) is 11.3 Å². The van der Waals surface area contributed by atoms with Crippen LogP contribution in [0.1, 0.15) is 16.1 Å². The summed E-state index contributed by atoms with van der Waals surface area (Å²) in [6, 6.07) is 13.9. The minimum absolute atomic E-state index is 0.254. The molecule has 1 N–H and O–H groups in total. The Morgan fingerprint density at radius 2 is 1.70 bits per heavy atom. The highest BCUT2D eigenvalue weighted by molar-refractivity contribution is 6.06. The number of carbonyl (C=O) groups is 1. The van der Waals surface area contributed by atoms with Gasteiger partial charge in [0.2, 0.25) is 0 Å². The standard InChI is InChI=1S/C17H13F3N2O/c1-22-14-9-5-2-6-11(14)10-15(22)16(23)21-13-8-4-3-7-12(13)17(18,19)20/h2-10H,1H3,(H,21,23). The maximum atomic E-state index is 13.0. The van der Waals surface area contributed by atoms with Gasteiger partial charge in [0.25, 0.3) is 5.91 Å². The average Bonchev–Trinajstić information content (AvgIpc) is 2.84. The van der Waals surface area contributed by atoms with Crippen molar-refractivity contribution < 1.29 is 18.0 Å². The molecule has 0 radical (unpaired) electrons. The van der Waals surface area contributed by atoms with E-state index >= 15 is 0 Å². The molecule has 0 aliphatic heterocycles. The van der Waals surface area contributed by atoms with Crippen LogP contribution < -0.4 is 5.32 Å². The van der Waals surface area contributed by atoms with Crippen molar-refractivity contribution in [1.82, 2.24) is 4.57 Å². The first kappa shape index (κ1) is 15.1. The Labute approximate surface area is 130 Å². The van der Waals surface area contributed by atoms with E-state index in [-0.39, 0.29) is 5.69 Å². The lowest BCUT2D eigenvalue weighted by molar-refractivity contribution is -0.136. The van der Waals surface area contributed by atoms with Crippen molar-refractivity contribution >= 4 is 22.5 Å². The molecule has 0 bridgehead atoms. The third-order valence-corrected chi connectivity index (χ3v) is 3.66. The number of amides is 1. The number of nitrogens with zero attached hydrogens (tertiary/aromatic N) is 1. The van der Waals surface area contributed by atoms with Crippen molar-refractivity contribution in [3.8, 4) is 0 Å². The Balaban J connectivity index is 1.97. The number of aromatic nitrogens is 1. The summed E-state index contributed by atoms with van der Waals surface area (Å²) in [5.74, 6) is -0.583. The second kappa shape index (κ2) is 5.46. The molecule has 1 aromatic heterocycles. The van der Waals surface area contributed by atoms with Gasteiger partial charge < -0.3 is 9.88 Å². The van der Waals surface area contributed by atoms with Gasteiger partial charge in [-0.3, -0.25) is 4.79 Å². The highest BCUT2D eigenvalue weighted by atomic mass is 19.4. The molecule has 6 heteroatoms. The minimum Gasteiger partial charge on any atom is -0.340 e. The van der Waals surface area contributed by atoms with Crippen molar-refractivity contribution in [2.75, 3.05) is 5.32 Å². The molecule has 0 aliphatic rings. The number of fused-ring (bicyclic) bond motifs is 1. The lowest BCUT2D eigenvalue weighted by Crippen LogP contribution is -2.18. The van der Waals surface area contributed by atoms with E-state index in [1.807, 2.05) is 24.3 Å². The van der Waals surface area contributed by atoms with Crippen LogP contribution in [0, 0.1) is 0 Å². The van der Waals surface area contributed by atoms with E-state index in [0.29, 0.717) is 5.69 Å². The van der Waals surface area contributed by atoms with Crippen LogP contribution in [-0.2, 0) is 13.2 Å². The van der Waals surface area contributed by atoms with Crippen LogP contribution in [0.15, 0.2) is 54.6 Å². The number of alkyl halides is 3. The fraction of sp³-hybridized carbons (Fsp3) is 0.118. The number of rotatable bonds is 2. The number of hydrogen-bond acceptors (Lipinski definition) is 1. The van der Waals surface area contributed by atoms with Crippen LogP contribution >= 0.6 is 0 Å². The summed E-state index contributed by atoms with van der Waals surface area (Å²) in [4.78, 5) is 12.4. The second-order valence-corrected chi connectivity index (χ2v) is 5.14. The third kappa shape index (κ3) is 2.79. The van der Waals surface area contributed by atoms with Gasteiger partial charge in [-0.15, -0.1) is 0 Å². The molecule has 0 saturated carbocycles. The van der Waals surface area contributed by atoms with Crippen LogP contribution in [0.5, 0.6) is 0 Å². The fourth-order valence-corrected chi connectivity index (χ4v) is 2.53. The molecule has 1 amide bonds. The molecule has 0 saturated heterocycles. The number of halogens is 3. The Morgan fingerprint density at radius 1 is 1.04 bits per heavy atom. The van der Waals surface area contributed by atoms with Gasteiger partial charge in [0, 0.05) is 18.0 Å². The maximum absolute atomic E-state index is 13.0. The summed E-state index contributed by atoms with van der Waals surface area (Å²) >= 11 is 0. The predicted molar refractivity (Wildman–Crippen MR) is 82.3 cm³/mol. The highest BCUT2D eigenvalue weighted by Gasteiger charge is 2.33. The Kier molecular flexibility index (Phi) is 3.60. The first-order chi connectivity index (χ1) is 10.9. The van der Waals surface area contributed by atoms with Crippen LogP contribution in [0.2, 0.25) is 0 Å². The number of nitrogens with one attached hydrogen (secondary N) is 1. The van der Waals surface area contributed by atoms with Crippen molar-refractivity contribution in [2.45, 2.75) is 6.18 Å². The van der Waals surface area contributed by atoms with E-state index in [4.69, 9.17) is 0 Å². The topological polar surface area (TPSA) is 34.0 Å². The van der Waals surface area contributed by atoms with Gasteiger partial charge in [0.15, 0.2) is 0 Å². The van der Waals surface area contributed by atoms with E-state index in [1.165, 1.54) is 18.2 Å². The molecular formula is C17H13F3N2O. The smallest absolute Gasteiger partial charge is 0.340 e. The molecule has 0 atom stereocenters. The lowest BCUT2D eigenvalue weighted by Gasteiger charge is -2.13. The molecule has 0 fully saturated rings. The molecule has 1 heterocycles. The molecule has 3 nitrogen and oxygen atoms in total. The number of carbonyl (C=O) groups excluding carboxylic acids is 1. The second-order valence-electron chi connectivity index (χ2n) is 5.14. The largest absolute Gasteiger partial charge is 0.418 e. The third-order valence-electron chi connectivity index (χ3n) is 3.66. The summed E-state index contributed by atoms with van der Waals surface area (Å²) in [7, 11) is 1.70. The summed E-state index contributed by atoms with van der Waals surface area (Å²) < 4.78 is 40.6. The zero-order valence-corrected chi connectivity index (χ0v) is 12.2. The Bertz CT molecular complexity index is 881. The first-order valence-corrected chi connectivity index (χ1v) is 6.90. The summed E-state index contributed by atoms with van der Waals surface area (Å²) in [5.41, 5.74) is 0.00676. The van der Waals surface area contributed by atoms with E-state index in [9.17, 15) is 18.0 Å². The van der Waals surface area contributed by atoms with E-state index in [1.54, 1.807) is 17.7 Å². The highest BCUT2D eigenvalue weighted by Crippen LogP contribution is 2.34. The number of hydrogen-bond donors (Lipinski definition) is 1. The van der Waals surface area contributed by atoms with Gasteiger partial charge in [-0.2, -0.15) is 13.2 Å². The van der Waals surface area contributed by atoms with Crippen LogP contribution in [0.3, 0.4) is 0 Å². The summed E-state index contributed by atoms with van der Waals surface area (Å²) in [6.07, 6.45) is -4.53. The van der Waals surface area contributed by atoms with Crippen LogP contribution in [-0.4, -0.2) is 10.5 Å².